The van der Waals surface area contributed by atoms with Crippen molar-refractivity contribution < 1.29 is 4.79 Å². The van der Waals surface area contributed by atoms with Crippen LogP contribution in [0.5, 0.6) is 0 Å². The van der Waals surface area contributed by atoms with Crippen LogP contribution >= 0.6 is 0 Å². The summed E-state index contributed by atoms with van der Waals surface area (Å²) in [5, 5.41) is 10.8. The molecule has 1 atom stereocenters. The fourth-order valence-electron chi connectivity index (χ4n) is 2.20. The number of amides is 1. The van der Waals surface area contributed by atoms with Crippen LogP contribution in [0.1, 0.15) is 19.8 Å². The first-order valence-electron chi connectivity index (χ1n) is 6.15. The van der Waals surface area contributed by atoms with Gasteiger partial charge in [0.1, 0.15) is 6.54 Å². The maximum absolute atomic E-state index is 12.2. The molecule has 0 spiro atoms. The fraction of sp³-hybridized carbons (Fsp3) is 0.727. The molecule has 1 aliphatic heterocycles. The molecule has 94 valence electrons. The zero-order valence-corrected chi connectivity index (χ0v) is 10.2. The van der Waals surface area contributed by atoms with Gasteiger partial charge >= 0.3 is 0 Å². The summed E-state index contributed by atoms with van der Waals surface area (Å²) in [5.74, 6) is 0.131. The molecule has 2 rings (SSSR count). The Morgan fingerprint density at radius 2 is 2.53 bits per heavy atom. The third-order valence-corrected chi connectivity index (χ3v) is 3.03. The van der Waals surface area contributed by atoms with Gasteiger partial charge in [0.2, 0.25) is 5.91 Å². The first-order valence-corrected chi connectivity index (χ1v) is 6.15. The van der Waals surface area contributed by atoms with Crippen molar-refractivity contribution in [3.63, 3.8) is 0 Å². The molecule has 1 unspecified atom stereocenters. The van der Waals surface area contributed by atoms with Crippen LogP contribution in [0.15, 0.2) is 12.4 Å². The molecular weight excluding hydrogens is 218 g/mol. The number of carbonyl (C=O) groups excluding carboxylic acids is 1. The van der Waals surface area contributed by atoms with Crippen LogP contribution in [0, 0.1) is 0 Å². The lowest BCUT2D eigenvalue weighted by molar-refractivity contribution is -0.134. The zero-order chi connectivity index (χ0) is 12.1. The molecule has 0 aliphatic carbocycles. The van der Waals surface area contributed by atoms with Crippen molar-refractivity contribution in [2.24, 2.45) is 0 Å². The molecule has 0 aromatic carbocycles. The minimum absolute atomic E-state index is 0.131. The van der Waals surface area contributed by atoms with Crippen LogP contribution in [0.4, 0.5) is 0 Å². The van der Waals surface area contributed by atoms with E-state index in [2.05, 4.69) is 22.6 Å². The number of hydrogen-bond donors (Lipinski definition) is 1. The number of aromatic nitrogens is 3. The van der Waals surface area contributed by atoms with E-state index in [1.54, 1.807) is 17.1 Å². The summed E-state index contributed by atoms with van der Waals surface area (Å²) in [6, 6.07) is 0.339. The summed E-state index contributed by atoms with van der Waals surface area (Å²) in [4.78, 5) is 14.2. The van der Waals surface area contributed by atoms with E-state index in [1.165, 1.54) is 0 Å². The molecule has 6 nitrogen and oxygen atoms in total. The van der Waals surface area contributed by atoms with Crippen LogP contribution in [-0.2, 0) is 11.3 Å². The summed E-state index contributed by atoms with van der Waals surface area (Å²) >= 11 is 0. The monoisotopic (exact) mass is 237 g/mol. The maximum atomic E-state index is 12.2. The number of hydrogen-bond acceptors (Lipinski definition) is 4. The van der Waals surface area contributed by atoms with Crippen molar-refractivity contribution >= 4 is 5.91 Å². The van der Waals surface area contributed by atoms with Crippen molar-refractivity contribution in [2.45, 2.75) is 32.4 Å². The van der Waals surface area contributed by atoms with Crippen molar-refractivity contribution in [1.82, 2.24) is 25.2 Å². The van der Waals surface area contributed by atoms with Gasteiger partial charge in [0.15, 0.2) is 0 Å². The van der Waals surface area contributed by atoms with Gasteiger partial charge in [-0.2, -0.15) is 0 Å². The molecule has 1 aliphatic rings. The molecule has 1 N–H and O–H groups in total. The average molecular weight is 237 g/mol. The minimum atomic E-state index is 0.131. The number of nitrogens with one attached hydrogen (secondary N) is 1. The van der Waals surface area contributed by atoms with Crippen molar-refractivity contribution in [1.29, 1.82) is 0 Å². The van der Waals surface area contributed by atoms with Gasteiger partial charge in [-0.05, 0) is 19.4 Å². The summed E-state index contributed by atoms with van der Waals surface area (Å²) in [7, 11) is 0. The van der Waals surface area contributed by atoms with Gasteiger partial charge in [0.25, 0.3) is 0 Å². The van der Waals surface area contributed by atoms with Gasteiger partial charge in [-0.1, -0.05) is 12.1 Å². The second kappa shape index (κ2) is 5.77. The molecule has 1 amide bonds. The van der Waals surface area contributed by atoms with Crippen molar-refractivity contribution in [2.75, 3.05) is 19.6 Å². The van der Waals surface area contributed by atoms with E-state index in [0.29, 0.717) is 6.04 Å². The Bertz CT molecular complexity index is 345. The highest BCUT2D eigenvalue weighted by molar-refractivity contribution is 5.76. The van der Waals surface area contributed by atoms with Gasteiger partial charge in [-0.25, -0.2) is 4.68 Å². The zero-order valence-electron chi connectivity index (χ0n) is 10.2. The van der Waals surface area contributed by atoms with Crippen molar-refractivity contribution in [3.8, 4) is 0 Å². The van der Waals surface area contributed by atoms with Crippen LogP contribution < -0.4 is 5.32 Å². The Balaban J connectivity index is 1.97. The van der Waals surface area contributed by atoms with Gasteiger partial charge in [-0.3, -0.25) is 4.79 Å². The van der Waals surface area contributed by atoms with E-state index in [1.807, 2.05) is 4.90 Å². The molecule has 6 heteroatoms. The van der Waals surface area contributed by atoms with E-state index >= 15 is 0 Å². The van der Waals surface area contributed by atoms with Gasteiger partial charge < -0.3 is 10.2 Å². The van der Waals surface area contributed by atoms with Crippen LogP contribution in [-0.4, -0.2) is 51.5 Å². The topological polar surface area (TPSA) is 63.1 Å². The first kappa shape index (κ1) is 12.0. The van der Waals surface area contributed by atoms with Crippen LogP contribution in [0.3, 0.4) is 0 Å². The Morgan fingerprint density at radius 3 is 3.12 bits per heavy atom. The predicted octanol–water partition coefficient (Wildman–Crippen LogP) is -0.121. The minimum Gasteiger partial charge on any atom is -0.337 e. The van der Waals surface area contributed by atoms with E-state index in [0.717, 1.165) is 32.5 Å². The third kappa shape index (κ3) is 3.03. The second-order valence-electron chi connectivity index (χ2n) is 4.33. The third-order valence-electron chi connectivity index (χ3n) is 3.03. The maximum Gasteiger partial charge on any atom is 0.244 e. The van der Waals surface area contributed by atoms with E-state index < -0.39 is 0 Å². The van der Waals surface area contributed by atoms with E-state index in [9.17, 15) is 4.79 Å². The second-order valence-corrected chi connectivity index (χ2v) is 4.33. The van der Waals surface area contributed by atoms with Gasteiger partial charge in [0, 0.05) is 25.3 Å². The molecule has 1 fully saturated rings. The highest BCUT2D eigenvalue weighted by Crippen LogP contribution is 2.10. The molecule has 1 saturated heterocycles. The van der Waals surface area contributed by atoms with Crippen LogP contribution in [0.2, 0.25) is 0 Å². The molecule has 2 heterocycles. The summed E-state index contributed by atoms with van der Waals surface area (Å²) < 4.78 is 1.58. The molecule has 0 saturated carbocycles. The Hall–Kier alpha value is -1.43. The van der Waals surface area contributed by atoms with Crippen molar-refractivity contribution in [3.05, 3.63) is 12.4 Å². The quantitative estimate of drug-likeness (QED) is 0.775. The summed E-state index contributed by atoms with van der Waals surface area (Å²) in [6.07, 6.45) is 5.34. The standard InChI is InChI=1S/C11H19N5O/c1-2-6-16(10-3-4-12-8-10)11(17)9-15-7-5-13-14-15/h5,7,10,12H,2-4,6,8-9H2,1H3. The highest BCUT2D eigenvalue weighted by Gasteiger charge is 2.25. The first-order chi connectivity index (χ1) is 8.31. The number of carbonyl (C=O) groups is 1. The van der Waals surface area contributed by atoms with Gasteiger partial charge in [0.05, 0.1) is 6.20 Å². The largest absolute Gasteiger partial charge is 0.337 e. The van der Waals surface area contributed by atoms with Gasteiger partial charge in [-0.15, -0.1) is 5.10 Å². The summed E-state index contributed by atoms with van der Waals surface area (Å²) in [6.45, 7) is 5.11. The Labute approximate surface area is 101 Å². The molecule has 0 radical (unpaired) electrons. The average Bonchev–Trinajstić information content (AvgIpc) is 2.97. The number of rotatable bonds is 5. The molecule has 17 heavy (non-hydrogen) atoms. The molecular formula is C11H19N5O. The lowest BCUT2D eigenvalue weighted by atomic mass is 10.2. The summed E-state index contributed by atoms with van der Waals surface area (Å²) in [5.41, 5.74) is 0. The predicted molar refractivity (Wildman–Crippen MR) is 63.3 cm³/mol. The lowest BCUT2D eigenvalue weighted by Gasteiger charge is -2.28. The molecule has 1 aromatic rings. The smallest absolute Gasteiger partial charge is 0.244 e. The Kier molecular flexibility index (Phi) is 4.08. The highest BCUT2D eigenvalue weighted by atomic mass is 16.2. The Morgan fingerprint density at radius 1 is 1.65 bits per heavy atom. The SMILES string of the molecule is CCCN(C(=O)Cn1ccnn1)C1CCNC1. The normalized spacial score (nSPS) is 19.5. The fourth-order valence-corrected chi connectivity index (χ4v) is 2.20. The molecule has 1 aromatic heterocycles. The number of nitrogens with zero attached hydrogens (tertiary/aromatic N) is 4. The lowest BCUT2D eigenvalue weighted by Crippen LogP contribution is -2.43. The van der Waals surface area contributed by atoms with E-state index in [-0.39, 0.29) is 12.5 Å². The van der Waals surface area contributed by atoms with E-state index in [4.69, 9.17) is 0 Å². The van der Waals surface area contributed by atoms with Crippen LogP contribution in [0.25, 0.3) is 0 Å². The molecule has 0 bridgehead atoms.